The fourth-order valence-electron chi connectivity index (χ4n) is 4.17. The molecule has 194 valence electrons. The molecule has 1 aromatic heterocycles. The van der Waals surface area contributed by atoms with Crippen LogP contribution in [0.3, 0.4) is 0 Å². The zero-order chi connectivity index (χ0) is 26.7. The van der Waals surface area contributed by atoms with E-state index < -0.39 is 28.7 Å². The molecule has 0 spiro atoms. The zero-order valence-corrected chi connectivity index (χ0v) is 21.2. The van der Waals surface area contributed by atoms with Gasteiger partial charge in [0.25, 0.3) is 11.5 Å². The number of aromatic nitrogens is 3. The Kier molecular flexibility index (Phi) is 7.87. The van der Waals surface area contributed by atoms with Crippen molar-refractivity contribution < 1.29 is 18.7 Å². The molecule has 0 aliphatic carbocycles. The van der Waals surface area contributed by atoms with Gasteiger partial charge >= 0.3 is 11.7 Å². The molecule has 1 amide bonds. The maximum absolute atomic E-state index is 13.4. The number of likely N-dealkylation sites (tertiary alicyclic amines) is 1. The van der Waals surface area contributed by atoms with Crippen LogP contribution < -0.4 is 11.2 Å². The summed E-state index contributed by atoms with van der Waals surface area (Å²) in [6, 6.07) is 10.2. The number of nitrogens with zero attached hydrogens (tertiary/aromatic N) is 4. The van der Waals surface area contributed by atoms with E-state index in [-0.39, 0.29) is 43.8 Å². The van der Waals surface area contributed by atoms with Crippen LogP contribution in [0.25, 0.3) is 5.69 Å². The highest BCUT2D eigenvalue weighted by molar-refractivity contribution is 6.31. The molecule has 11 heteroatoms. The Labute approximate surface area is 217 Å². The molecule has 1 saturated heterocycles. The molecule has 1 aliphatic rings. The summed E-state index contributed by atoms with van der Waals surface area (Å²) >= 11 is 6.26. The Balaban J connectivity index is 1.74. The van der Waals surface area contributed by atoms with Gasteiger partial charge in [-0.2, -0.15) is 9.78 Å². The van der Waals surface area contributed by atoms with E-state index in [9.17, 15) is 23.6 Å². The molecule has 0 atom stereocenters. The number of halogens is 2. The third-order valence-electron chi connectivity index (χ3n) is 6.32. The Bertz CT molecular complexity index is 1440. The fraction of sp³-hybridized carbons (Fsp3) is 0.346. The third-order valence-corrected chi connectivity index (χ3v) is 6.73. The minimum atomic E-state index is -0.860. The summed E-state index contributed by atoms with van der Waals surface area (Å²) in [5.74, 6) is -1.73. The summed E-state index contributed by atoms with van der Waals surface area (Å²) < 4.78 is 20.3. The highest BCUT2D eigenvalue weighted by atomic mass is 35.5. The lowest BCUT2D eigenvalue weighted by molar-refractivity contribution is -0.149. The first-order valence-corrected chi connectivity index (χ1v) is 12.3. The van der Waals surface area contributed by atoms with E-state index in [4.69, 9.17) is 16.3 Å². The Morgan fingerprint density at radius 2 is 1.78 bits per heavy atom. The summed E-state index contributed by atoms with van der Waals surface area (Å²) in [6.45, 7) is 4.08. The second-order valence-electron chi connectivity index (χ2n) is 8.81. The van der Waals surface area contributed by atoms with Gasteiger partial charge in [0.1, 0.15) is 5.82 Å². The molecule has 2 aromatic carbocycles. The molecule has 0 saturated carbocycles. The minimum absolute atomic E-state index is 0.189. The van der Waals surface area contributed by atoms with Gasteiger partial charge in [-0.15, -0.1) is 0 Å². The molecule has 9 nitrogen and oxygen atoms in total. The van der Waals surface area contributed by atoms with Crippen LogP contribution in [-0.2, 0) is 16.1 Å². The number of hydrogen-bond donors (Lipinski definition) is 0. The molecular formula is C26H26ClFN4O5. The number of carbonyl (C=O) groups is 2. The maximum atomic E-state index is 13.4. The molecular weight excluding hydrogens is 503 g/mol. The SMILES string of the molecule is CCOC(=O)C1CCN(C(=O)c2nn(-c3ccc(C)c(Cl)c3)c(=O)n(Cc3ccc(F)cc3)c2=O)CC1. The number of benzene rings is 2. The molecule has 0 radical (unpaired) electrons. The van der Waals surface area contributed by atoms with Gasteiger partial charge in [0, 0.05) is 18.1 Å². The predicted octanol–water partition coefficient (Wildman–Crippen LogP) is 2.96. The number of ether oxygens (including phenoxy) is 1. The van der Waals surface area contributed by atoms with Crippen molar-refractivity contribution in [1.29, 1.82) is 0 Å². The van der Waals surface area contributed by atoms with E-state index in [2.05, 4.69) is 5.10 Å². The maximum Gasteiger partial charge on any atom is 0.352 e. The van der Waals surface area contributed by atoms with Crippen molar-refractivity contribution in [2.75, 3.05) is 19.7 Å². The Morgan fingerprint density at radius 3 is 2.41 bits per heavy atom. The van der Waals surface area contributed by atoms with Crippen molar-refractivity contribution in [3.63, 3.8) is 0 Å². The Morgan fingerprint density at radius 1 is 1.11 bits per heavy atom. The number of carbonyl (C=O) groups excluding carboxylic acids is 2. The molecule has 37 heavy (non-hydrogen) atoms. The molecule has 3 aromatic rings. The van der Waals surface area contributed by atoms with Crippen LogP contribution in [0.15, 0.2) is 52.1 Å². The summed E-state index contributed by atoms with van der Waals surface area (Å²) in [7, 11) is 0. The van der Waals surface area contributed by atoms with Gasteiger partial charge in [0.05, 0.1) is 24.8 Å². The summed E-state index contributed by atoms with van der Waals surface area (Å²) in [4.78, 5) is 53.7. The molecule has 0 bridgehead atoms. The molecule has 1 fully saturated rings. The second kappa shape index (κ2) is 11.1. The van der Waals surface area contributed by atoms with Crippen LogP contribution in [0.5, 0.6) is 0 Å². The van der Waals surface area contributed by atoms with Gasteiger partial charge in [-0.05, 0) is 62.1 Å². The monoisotopic (exact) mass is 528 g/mol. The Hall–Kier alpha value is -3.79. The number of esters is 1. The molecule has 2 heterocycles. The predicted molar refractivity (Wildman–Crippen MR) is 135 cm³/mol. The van der Waals surface area contributed by atoms with Gasteiger partial charge in [-0.3, -0.25) is 19.0 Å². The number of aryl methyl sites for hydroxylation is 1. The number of rotatable bonds is 6. The third kappa shape index (κ3) is 5.64. The first-order valence-electron chi connectivity index (χ1n) is 11.9. The van der Waals surface area contributed by atoms with E-state index in [1.807, 2.05) is 0 Å². The lowest BCUT2D eigenvalue weighted by Gasteiger charge is -2.30. The van der Waals surface area contributed by atoms with Gasteiger partial charge in [-0.1, -0.05) is 29.8 Å². The normalized spacial score (nSPS) is 14.0. The quantitative estimate of drug-likeness (QED) is 0.456. The van der Waals surface area contributed by atoms with Crippen molar-refractivity contribution in [3.8, 4) is 5.69 Å². The highest BCUT2D eigenvalue weighted by Crippen LogP contribution is 2.20. The van der Waals surface area contributed by atoms with E-state index in [0.717, 1.165) is 14.8 Å². The average Bonchev–Trinajstić information content (AvgIpc) is 2.89. The van der Waals surface area contributed by atoms with Gasteiger partial charge < -0.3 is 9.64 Å². The van der Waals surface area contributed by atoms with Crippen molar-refractivity contribution in [3.05, 3.63) is 91.0 Å². The molecule has 4 rings (SSSR count). The highest BCUT2D eigenvalue weighted by Gasteiger charge is 2.31. The van der Waals surface area contributed by atoms with Crippen molar-refractivity contribution in [1.82, 2.24) is 19.2 Å². The second-order valence-corrected chi connectivity index (χ2v) is 9.22. The van der Waals surface area contributed by atoms with Crippen LogP contribution in [-0.4, -0.2) is 50.8 Å². The van der Waals surface area contributed by atoms with E-state index in [1.165, 1.54) is 35.2 Å². The number of hydrogen-bond acceptors (Lipinski definition) is 6. The minimum Gasteiger partial charge on any atom is -0.466 e. The molecule has 0 N–H and O–H groups in total. The lowest BCUT2D eigenvalue weighted by Crippen LogP contribution is -2.48. The van der Waals surface area contributed by atoms with Crippen LogP contribution in [0.2, 0.25) is 5.02 Å². The van der Waals surface area contributed by atoms with Gasteiger partial charge in [0.15, 0.2) is 0 Å². The number of piperidine rings is 1. The fourth-order valence-corrected chi connectivity index (χ4v) is 4.35. The van der Waals surface area contributed by atoms with Crippen LogP contribution in [0.4, 0.5) is 4.39 Å². The average molecular weight is 529 g/mol. The lowest BCUT2D eigenvalue weighted by atomic mass is 9.97. The van der Waals surface area contributed by atoms with Crippen LogP contribution >= 0.6 is 11.6 Å². The van der Waals surface area contributed by atoms with Crippen LogP contribution in [0.1, 0.15) is 41.4 Å². The van der Waals surface area contributed by atoms with Gasteiger partial charge in [0.2, 0.25) is 5.69 Å². The standard InChI is InChI=1S/C26H26ClFN4O5/c1-3-37-25(35)18-10-12-30(13-11-18)23(33)22-24(34)31(15-17-5-7-19(28)8-6-17)26(36)32(29-22)20-9-4-16(2)21(27)14-20/h4-9,14,18H,3,10-13,15H2,1-2H3. The topological polar surface area (TPSA) is 104 Å². The smallest absolute Gasteiger partial charge is 0.352 e. The van der Waals surface area contributed by atoms with Crippen molar-refractivity contribution in [2.45, 2.75) is 33.2 Å². The summed E-state index contributed by atoms with van der Waals surface area (Å²) in [6.07, 6.45) is 0.781. The van der Waals surface area contributed by atoms with E-state index in [1.54, 1.807) is 26.0 Å². The summed E-state index contributed by atoms with van der Waals surface area (Å²) in [5, 5.41) is 4.54. The van der Waals surface area contributed by atoms with Gasteiger partial charge in [-0.25, -0.2) is 9.18 Å². The van der Waals surface area contributed by atoms with Crippen molar-refractivity contribution in [2.24, 2.45) is 5.92 Å². The summed E-state index contributed by atoms with van der Waals surface area (Å²) in [5.41, 5.74) is -0.516. The van der Waals surface area contributed by atoms with Crippen molar-refractivity contribution >= 4 is 23.5 Å². The van der Waals surface area contributed by atoms with E-state index >= 15 is 0 Å². The first-order chi connectivity index (χ1) is 17.7. The molecule has 1 aliphatic heterocycles. The molecule has 0 unspecified atom stereocenters. The first kappa shape index (κ1) is 26.3. The zero-order valence-electron chi connectivity index (χ0n) is 20.4. The largest absolute Gasteiger partial charge is 0.466 e. The van der Waals surface area contributed by atoms with E-state index in [0.29, 0.717) is 23.4 Å². The number of amides is 1. The van der Waals surface area contributed by atoms with Crippen LogP contribution in [0, 0.1) is 18.7 Å².